The minimum Gasteiger partial charge on any atom is -0.492 e. The van der Waals surface area contributed by atoms with Crippen LogP contribution in [0.1, 0.15) is 31.7 Å². The molecule has 4 heteroatoms. The van der Waals surface area contributed by atoms with Crippen LogP contribution in [0.2, 0.25) is 5.02 Å². The van der Waals surface area contributed by atoms with Gasteiger partial charge >= 0.3 is 0 Å². The van der Waals surface area contributed by atoms with Crippen LogP contribution in [0, 0.1) is 5.41 Å². The molecule has 0 saturated carbocycles. The predicted molar refractivity (Wildman–Crippen MR) is 87.1 cm³/mol. The number of piperidine rings is 1. The van der Waals surface area contributed by atoms with Crippen LogP contribution >= 0.6 is 11.6 Å². The molecule has 0 atom stereocenters. The van der Waals surface area contributed by atoms with Gasteiger partial charge in [-0.1, -0.05) is 23.7 Å². The third kappa shape index (κ3) is 3.36. The Balaban J connectivity index is 1.69. The summed E-state index contributed by atoms with van der Waals surface area (Å²) in [4.78, 5) is 2.57. The van der Waals surface area contributed by atoms with Crippen LogP contribution in [0.25, 0.3) is 0 Å². The first-order valence-electron chi connectivity index (χ1n) is 8.06. The van der Waals surface area contributed by atoms with Crippen molar-refractivity contribution in [3.8, 4) is 5.75 Å². The molecule has 0 amide bonds. The highest BCUT2D eigenvalue weighted by Crippen LogP contribution is 2.40. The maximum atomic E-state index is 6.28. The summed E-state index contributed by atoms with van der Waals surface area (Å²) in [5.74, 6) is 0.868. The van der Waals surface area contributed by atoms with Crippen LogP contribution in [0.15, 0.2) is 18.2 Å². The predicted octanol–water partition coefficient (Wildman–Crippen LogP) is 3.31. The summed E-state index contributed by atoms with van der Waals surface area (Å²) in [6, 6.07) is 6.08. The molecule has 3 nitrogen and oxygen atoms in total. The Morgan fingerprint density at radius 1 is 1.29 bits per heavy atom. The average molecular weight is 309 g/mol. The second-order valence-electron chi connectivity index (χ2n) is 6.37. The molecular formula is C17H25ClN2O. The van der Waals surface area contributed by atoms with Crippen LogP contribution in [0.3, 0.4) is 0 Å². The van der Waals surface area contributed by atoms with Crippen molar-refractivity contribution in [1.82, 2.24) is 10.2 Å². The number of hydrogen-bond acceptors (Lipinski definition) is 3. The fourth-order valence-electron chi connectivity index (χ4n) is 3.75. The van der Waals surface area contributed by atoms with Crippen LogP contribution < -0.4 is 10.1 Å². The molecule has 21 heavy (non-hydrogen) atoms. The van der Waals surface area contributed by atoms with Gasteiger partial charge in [-0.25, -0.2) is 0 Å². The number of nitrogens with zero attached hydrogens (tertiary/aromatic N) is 1. The summed E-state index contributed by atoms with van der Waals surface area (Å²) in [5, 5.41) is 4.20. The van der Waals surface area contributed by atoms with E-state index < -0.39 is 0 Å². The average Bonchev–Trinajstić information content (AvgIpc) is 2.86. The van der Waals surface area contributed by atoms with Gasteiger partial charge in [-0.05, 0) is 57.3 Å². The molecule has 1 aromatic rings. The van der Waals surface area contributed by atoms with Crippen molar-refractivity contribution in [3.63, 3.8) is 0 Å². The highest BCUT2D eigenvalue weighted by Gasteiger charge is 2.38. The molecule has 1 spiro atoms. The Morgan fingerprint density at radius 2 is 2.10 bits per heavy atom. The Hall–Kier alpha value is -0.770. The first kappa shape index (κ1) is 15.1. The van der Waals surface area contributed by atoms with Crippen molar-refractivity contribution in [2.75, 3.05) is 32.8 Å². The second kappa shape index (κ2) is 6.55. The van der Waals surface area contributed by atoms with Gasteiger partial charge in [0, 0.05) is 18.7 Å². The summed E-state index contributed by atoms with van der Waals surface area (Å²) in [7, 11) is 0. The first-order chi connectivity index (χ1) is 10.2. The van der Waals surface area contributed by atoms with Gasteiger partial charge in [-0.2, -0.15) is 0 Å². The molecule has 2 aliphatic heterocycles. The molecule has 2 aliphatic rings. The van der Waals surface area contributed by atoms with E-state index >= 15 is 0 Å². The lowest BCUT2D eigenvalue weighted by Crippen LogP contribution is -2.38. The zero-order valence-electron chi connectivity index (χ0n) is 12.8. The zero-order chi connectivity index (χ0) is 14.7. The maximum absolute atomic E-state index is 6.28. The standard InChI is InChI=1S/C17H25ClN2O/c1-2-21-16-14(4-3-5-15(16)18)12-20-11-8-17(13-20)6-9-19-10-7-17/h3-5,19H,2,6-13H2,1H3. The van der Waals surface area contributed by atoms with Crippen molar-refractivity contribution in [2.45, 2.75) is 32.7 Å². The van der Waals surface area contributed by atoms with E-state index in [0.29, 0.717) is 12.0 Å². The van der Waals surface area contributed by atoms with E-state index in [1.165, 1.54) is 51.0 Å². The monoisotopic (exact) mass is 308 g/mol. The number of likely N-dealkylation sites (tertiary alicyclic amines) is 1. The molecule has 0 aromatic heterocycles. The van der Waals surface area contributed by atoms with Crippen LogP contribution in [0.4, 0.5) is 0 Å². The topological polar surface area (TPSA) is 24.5 Å². The van der Waals surface area contributed by atoms with Crippen molar-refractivity contribution in [1.29, 1.82) is 0 Å². The van der Waals surface area contributed by atoms with E-state index in [1.54, 1.807) is 0 Å². The Bertz CT molecular complexity index is 486. The summed E-state index contributed by atoms with van der Waals surface area (Å²) < 4.78 is 5.75. The van der Waals surface area contributed by atoms with Gasteiger partial charge in [0.2, 0.25) is 0 Å². The SMILES string of the molecule is CCOc1c(Cl)cccc1CN1CCC2(CCNCC2)C1. The second-order valence-corrected chi connectivity index (χ2v) is 6.78. The lowest BCUT2D eigenvalue weighted by Gasteiger charge is -2.34. The number of rotatable bonds is 4. The highest BCUT2D eigenvalue weighted by molar-refractivity contribution is 6.32. The Labute approximate surface area is 132 Å². The molecule has 2 heterocycles. The minimum absolute atomic E-state index is 0.551. The fourth-order valence-corrected chi connectivity index (χ4v) is 4.00. The van der Waals surface area contributed by atoms with Crippen LogP contribution in [-0.2, 0) is 6.54 Å². The van der Waals surface area contributed by atoms with Crippen molar-refractivity contribution < 1.29 is 4.74 Å². The summed E-state index contributed by atoms with van der Waals surface area (Å²) in [5.41, 5.74) is 1.77. The normalized spacial score (nSPS) is 21.8. The van der Waals surface area contributed by atoms with E-state index in [1.807, 2.05) is 19.1 Å². The summed E-state index contributed by atoms with van der Waals surface area (Å²) >= 11 is 6.28. The van der Waals surface area contributed by atoms with Gasteiger partial charge in [-0.3, -0.25) is 4.90 Å². The van der Waals surface area contributed by atoms with E-state index in [-0.39, 0.29) is 0 Å². The van der Waals surface area contributed by atoms with Crippen molar-refractivity contribution in [2.24, 2.45) is 5.41 Å². The highest BCUT2D eigenvalue weighted by atomic mass is 35.5. The van der Waals surface area contributed by atoms with E-state index in [4.69, 9.17) is 16.3 Å². The molecule has 2 fully saturated rings. The fraction of sp³-hybridized carbons (Fsp3) is 0.647. The number of para-hydroxylation sites is 1. The van der Waals surface area contributed by atoms with Gasteiger partial charge in [0.05, 0.1) is 11.6 Å². The first-order valence-corrected chi connectivity index (χ1v) is 8.43. The number of hydrogen-bond donors (Lipinski definition) is 1. The molecule has 2 saturated heterocycles. The Morgan fingerprint density at radius 3 is 2.86 bits per heavy atom. The molecule has 0 aliphatic carbocycles. The number of halogens is 1. The third-order valence-corrected chi connectivity index (χ3v) is 5.21. The molecule has 0 unspecified atom stereocenters. The van der Waals surface area contributed by atoms with Gasteiger partial charge in [0.25, 0.3) is 0 Å². The largest absolute Gasteiger partial charge is 0.492 e. The van der Waals surface area contributed by atoms with Gasteiger partial charge in [0.1, 0.15) is 5.75 Å². The number of benzene rings is 1. The zero-order valence-corrected chi connectivity index (χ0v) is 13.6. The van der Waals surface area contributed by atoms with Gasteiger partial charge < -0.3 is 10.1 Å². The smallest absolute Gasteiger partial charge is 0.142 e. The minimum atomic E-state index is 0.551. The third-order valence-electron chi connectivity index (χ3n) is 4.91. The van der Waals surface area contributed by atoms with E-state index in [0.717, 1.165) is 17.3 Å². The van der Waals surface area contributed by atoms with E-state index in [2.05, 4.69) is 16.3 Å². The van der Waals surface area contributed by atoms with Crippen molar-refractivity contribution in [3.05, 3.63) is 28.8 Å². The maximum Gasteiger partial charge on any atom is 0.142 e. The van der Waals surface area contributed by atoms with Crippen LogP contribution in [-0.4, -0.2) is 37.7 Å². The van der Waals surface area contributed by atoms with E-state index in [9.17, 15) is 0 Å². The molecule has 116 valence electrons. The molecule has 1 aromatic carbocycles. The molecule has 0 radical (unpaired) electrons. The van der Waals surface area contributed by atoms with Crippen LogP contribution in [0.5, 0.6) is 5.75 Å². The quantitative estimate of drug-likeness (QED) is 0.923. The molecule has 1 N–H and O–H groups in total. The summed E-state index contributed by atoms with van der Waals surface area (Å²) in [6.45, 7) is 8.37. The molecular weight excluding hydrogens is 284 g/mol. The molecule has 3 rings (SSSR count). The van der Waals surface area contributed by atoms with Gasteiger partial charge in [0.15, 0.2) is 0 Å². The number of ether oxygens (including phenoxy) is 1. The lowest BCUT2D eigenvalue weighted by atomic mass is 9.78. The van der Waals surface area contributed by atoms with Gasteiger partial charge in [-0.15, -0.1) is 0 Å². The molecule has 0 bridgehead atoms. The summed E-state index contributed by atoms with van der Waals surface area (Å²) in [6.07, 6.45) is 3.97. The Kier molecular flexibility index (Phi) is 4.72. The van der Waals surface area contributed by atoms with Crippen molar-refractivity contribution >= 4 is 11.6 Å². The lowest BCUT2D eigenvalue weighted by molar-refractivity contribution is 0.193. The number of nitrogens with one attached hydrogen (secondary N) is 1.